The van der Waals surface area contributed by atoms with Crippen molar-refractivity contribution in [2.75, 3.05) is 5.32 Å². The topological polar surface area (TPSA) is 69.3 Å². The third-order valence-electron chi connectivity index (χ3n) is 4.55. The molecule has 0 aliphatic heterocycles. The first-order chi connectivity index (χ1) is 15.4. The van der Waals surface area contributed by atoms with Crippen molar-refractivity contribution in [2.45, 2.75) is 20.1 Å². The van der Waals surface area contributed by atoms with Crippen LogP contribution < -0.4 is 10.1 Å². The number of nitrogens with one attached hydrogen (secondary N) is 1. The van der Waals surface area contributed by atoms with Crippen LogP contribution in [0, 0.1) is 6.92 Å². The summed E-state index contributed by atoms with van der Waals surface area (Å²) >= 11 is 15.6. The summed E-state index contributed by atoms with van der Waals surface area (Å²) in [6.45, 7) is 2.63. The summed E-state index contributed by atoms with van der Waals surface area (Å²) in [7, 11) is 0. The molecule has 0 atom stereocenters. The fourth-order valence-corrected chi connectivity index (χ4v) is 3.88. The lowest BCUT2D eigenvalue weighted by molar-refractivity contribution is 0.0992. The number of carbonyl (C=O) groups is 1. The molecule has 9 heteroatoms. The minimum atomic E-state index is -0.415. The number of furan rings is 1. The highest BCUT2D eigenvalue weighted by Crippen LogP contribution is 2.25. The number of carbonyl (C=O) groups excluding carboxylic acids is 1. The highest BCUT2D eigenvalue weighted by atomic mass is 79.9. The maximum atomic E-state index is 12.6. The van der Waals surface area contributed by atoms with Gasteiger partial charge in [0.25, 0.3) is 5.91 Å². The Labute approximate surface area is 203 Å². The van der Waals surface area contributed by atoms with Crippen molar-refractivity contribution in [1.29, 1.82) is 0 Å². The number of rotatable bonds is 7. The summed E-state index contributed by atoms with van der Waals surface area (Å²) < 4.78 is 13.6. The third kappa shape index (κ3) is 5.54. The summed E-state index contributed by atoms with van der Waals surface area (Å²) in [5.41, 5.74) is 1.96. The van der Waals surface area contributed by atoms with E-state index in [9.17, 15) is 4.79 Å². The van der Waals surface area contributed by atoms with Crippen LogP contribution in [-0.4, -0.2) is 15.7 Å². The van der Waals surface area contributed by atoms with E-state index in [-0.39, 0.29) is 12.4 Å². The molecule has 4 rings (SSSR count). The van der Waals surface area contributed by atoms with Crippen molar-refractivity contribution in [2.24, 2.45) is 0 Å². The molecule has 0 saturated heterocycles. The zero-order valence-corrected chi connectivity index (χ0v) is 20.0. The van der Waals surface area contributed by atoms with Crippen molar-refractivity contribution in [3.63, 3.8) is 0 Å². The number of hydrogen-bond acceptors (Lipinski definition) is 4. The second-order valence-electron chi connectivity index (χ2n) is 7.08. The van der Waals surface area contributed by atoms with E-state index in [1.807, 2.05) is 37.3 Å². The number of ether oxygens (including phenoxy) is 1. The zero-order chi connectivity index (χ0) is 22.7. The summed E-state index contributed by atoms with van der Waals surface area (Å²) in [4.78, 5) is 12.6. The van der Waals surface area contributed by atoms with E-state index >= 15 is 0 Å². The van der Waals surface area contributed by atoms with Crippen LogP contribution in [0.4, 0.5) is 5.82 Å². The van der Waals surface area contributed by atoms with Gasteiger partial charge in [-0.3, -0.25) is 9.48 Å². The number of halogens is 3. The predicted octanol–water partition coefficient (Wildman–Crippen LogP) is 6.73. The molecule has 2 heterocycles. The molecule has 0 aliphatic rings. The van der Waals surface area contributed by atoms with Crippen LogP contribution in [0.2, 0.25) is 10.0 Å². The van der Waals surface area contributed by atoms with Crippen molar-refractivity contribution >= 4 is 50.9 Å². The molecule has 32 heavy (non-hydrogen) atoms. The molecule has 0 unspecified atom stereocenters. The van der Waals surface area contributed by atoms with E-state index < -0.39 is 5.91 Å². The van der Waals surface area contributed by atoms with Crippen molar-refractivity contribution in [1.82, 2.24) is 9.78 Å². The number of amides is 1. The summed E-state index contributed by atoms with van der Waals surface area (Å²) in [6, 6.07) is 16.3. The van der Waals surface area contributed by atoms with Gasteiger partial charge in [0.15, 0.2) is 11.6 Å². The van der Waals surface area contributed by atoms with Crippen LogP contribution >= 0.6 is 39.1 Å². The second-order valence-corrected chi connectivity index (χ2v) is 8.78. The minimum absolute atomic E-state index is 0.162. The zero-order valence-electron chi connectivity index (χ0n) is 16.9. The maximum absolute atomic E-state index is 12.6. The molecule has 0 fully saturated rings. The van der Waals surface area contributed by atoms with Crippen LogP contribution in [0.3, 0.4) is 0 Å². The van der Waals surface area contributed by atoms with E-state index in [1.54, 1.807) is 35.1 Å². The summed E-state index contributed by atoms with van der Waals surface area (Å²) in [5, 5.41) is 8.26. The number of aryl methyl sites for hydroxylation is 1. The van der Waals surface area contributed by atoms with Gasteiger partial charge < -0.3 is 14.5 Å². The van der Waals surface area contributed by atoms with Gasteiger partial charge in [0.2, 0.25) is 0 Å². The van der Waals surface area contributed by atoms with E-state index in [2.05, 4.69) is 26.3 Å². The number of hydrogen-bond donors (Lipinski definition) is 1. The van der Waals surface area contributed by atoms with E-state index in [1.165, 1.54) is 0 Å². The Hall–Kier alpha value is -2.74. The van der Waals surface area contributed by atoms with Crippen LogP contribution in [0.1, 0.15) is 27.4 Å². The predicted molar refractivity (Wildman–Crippen MR) is 128 cm³/mol. The summed E-state index contributed by atoms with van der Waals surface area (Å²) in [5.74, 6) is 1.40. The highest BCUT2D eigenvalue weighted by Gasteiger charge is 2.16. The number of anilines is 1. The Bertz CT molecular complexity index is 1270. The van der Waals surface area contributed by atoms with Gasteiger partial charge in [0.05, 0.1) is 11.0 Å². The molecule has 4 aromatic rings. The largest absolute Gasteiger partial charge is 0.486 e. The van der Waals surface area contributed by atoms with E-state index in [0.29, 0.717) is 32.6 Å². The first kappa shape index (κ1) is 22.5. The average molecular weight is 535 g/mol. The fraction of sp³-hybridized carbons (Fsp3) is 0.130. The molecule has 0 bridgehead atoms. The maximum Gasteiger partial charge on any atom is 0.292 e. The van der Waals surface area contributed by atoms with Gasteiger partial charge in [0.1, 0.15) is 18.1 Å². The number of nitrogens with zero attached hydrogens (tertiary/aromatic N) is 2. The molecule has 1 N–H and O–H groups in total. The van der Waals surface area contributed by atoms with Gasteiger partial charge in [-0.05, 0) is 70.4 Å². The standard InChI is InChI=1S/C23H18BrCl2N3O3/c1-14-3-2-4-17(9-14)31-13-18-7-8-21(32-18)23(30)27-22-19(24)12-29(28-22)11-15-5-6-16(25)10-20(15)26/h2-10,12H,11,13H2,1H3,(H,27,28,30). The summed E-state index contributed by atoms with van der Waals surface area (Å²) in [6.07, 6.45) is 1.75. The molecule has 1 amide bonds. The minimum Gasteiger partial charge on any atom is -0.486 e. The smallest absolute Gasteiger partial charge is 0.292 e. The van der Waals surface area contributed by atoms with Gasteiger partial charge in [0, 0.05) is 16.2 Å². The van der Waals surface area contributed by atoms with Gasteiger partial charge >= 0.3 is 0 Å². The third-order valence-corrected chi connectivity index (χ3v) is 5.72. The SMILES string of the molecule is Cc1cccc(OCc2ccc(C(=O)Nc3nn(Cc4ccc(Cl)cc4Cl)cc3Br)o2)c1. The second kappa shape index (κ2) is 9.81. The first-order valence-corrected chi connectivity index (χ1v) is 11.2. The molecule has 6 nitrogen and oxygen atoms in total. The molecule has 2 aromatic heterocycles. The normalized spacial score (nSPS) is 10.9. The molecule has 0 radical (unpaired) electrons. The number of benzene rings is 2. The lowest BCUT2D eigenvalue weighted by Crippen LogP contribution is -2.12. The van der Waals surface area contributed by atoms with Crippen LogP contribution in [0.25, 0.3) is 0 Å². The molecule has 164 valence electrons. The van der Waals surface area contributed by atoms with Crippen molar-refractivity contribution in [3.8, 4) is 5.75 Å². The lowest BCUT2D eigenvalue weighted by Gasteiger charge is -2.05. The molecular weight excluding hydrogens is 517 g/mol. The average Bonchev–Trinajstić information content (AvgIpc) is 3.35. The Balaban J connectivity index is 1.39. The number of aromatic nitrogens is 2. The molecule has 0 spiro atoms. The Kier molecular flexibility index (Phi) is 6.89. The van der Waals surface area contributed by atoms with Gasteiger partial charge in [-0.15, -0.1) is 0 Å². The quantitative estimate of drug-likeness (QED) is 0.285. The lowest BCUT2D eigenvalue weighted by atomic mass is 10.2. The monoisotopic (exact) mass is 533 g/mol. The molecular formula is C23H18BrCl2N3O3. The Morgan fingerprint density at radius 1 is 1.19 bits per heavy atom. The van der Waals surface area contributed by atoms with E-state index in [0.717, 1.165) is 16.9 Å². The fourth-order valence-electron chi connectivity index (χ4n) is 2.99. The molecule has 2 aromatic carbocycles. The van der Waals surface area contributed by atoms with Crippen LogP contribution in [0.15, 0.2) is 69.7 Å². The molecule has 0 aliphatic carbocycles. The first-order valence-electron chi connectivity index (χ1n) is 9.64. The van der Waals surface area contributed by atoms with Gasteiger partial charge in [-0.2, -0.15) is 5.10 Å². The Morgan fingerprint density at radius 2 is 2.03 bits per heavy atom. The van der Waals surface area contributed by atoms with Crippen molar-refractivity contribution in [3.05, 3.63) is 98.0 Å². The van der Waals surface area contributed by atoms with Gasteiger partial charge in [-0.25, -0.2) is 0 Å². The van der Waals surface area contributed by atoms with Gasteiger partial charge in [-0.1, -0.05) is 41.4 Å². The van der Waals surface area contributed by atoms with Crippen molar-refractivity contribution < 1.29 is 13.9 Å². The van der Waals surface area contributed by atoms with Crippen LogP contribution in [-0.2, 0) is 13.2 Å². The van der Waals surface area contributed by atoms with Crippen LogP contribution in [0.5, 0.6) is 5.75 Å². The molecule has 0 saturated carbocycles. The highest BCUT2D eigenvalue weighted by molar-refractivity contribution is 9.10. The van der Waals surface area contributed by atoms with E-state index in [4.69, 9.17) is 32.4 Å². The Morgan fingerprint density at radius 3 is 2.81 bits per heavy atom.